The predicted octanol–water partition coefficient (Wildman–Crippen LogP) is 3.98. The van der Waals surface area contributed by atoms with Crippen molar-refractivity contribution in [2.24, 2.45) is 0 Å². The Kier molecular flexibility index (Phi) is 6.19. The second-order valence-electron chi connectivity index (χ2n) is 8.60. The standard InChI is InChI=1S/C22H26N6O3.ClH/c1-2-11-26-21-18(24-19(25-21)15-5-3-4-6-15)20-23-16(13-27(20)22(26)29)12-14-7-9-17(10-8-14)28(30)31;/h7-10,15-16,23H,2-6,11-13H2,1H3;1H. The molecule has 1 aliphatic carbocycles. The van der Waals surface area contributed by atoms with Crippen molar-refractivity contribution in [3.05, 3.63) is 56.3 Å². The van der Waals surface area contributed by atoms with Gasteiger partial charge in [-0.05, 0) is 31.2 Å². The van der Waals surface area contributed by atoms with E-state index in [0.717, 1.165) is 42.2 Å². The minimum atomic E-state index is -0.397. The van der Waals surface area contributed by atoms with E-state index in [4.69, 9.17) is 9.97 Å². The third-order valence-electron chi connectivity index (χ3n) is 6.41. The van der Waals surface area contributed by atoms with Crippen LogP contribution in [0.4, 0.5) is 11.5 Å². The highest BCUT2D eigenvalue weighted by atomic mass is 35.5. The summed E-state index contributed by atoms with van der Waals surface area (Å²) < 4.78 is 3.54. The number of anilines is 1. The third kappa shape index (κ3) is 3.85. The molecule has 1 saturated carbocycles. The van der Waals surface area contributed by atoms with Gasteiger partial charge in [-0.3, -0.25) is 19.2 Å². The van der Waals surface area contributed by atoms with Gasteiger partial charge in [0.2, 0.25) is 0 Å². The van der Waals surface area contributed by atoms with Gasteiger partial charge in [0.1, 0.15) is 17.3 Å². The summed E-state index contributed by atoms with van der Waals surface area (Å²) in [6, 6.07) is 6.61. The Morgan fingerprint density at radius 3 is 2.56 bits per heavy atom. The molecule has 0 bridgehead atoms. The topological polar surface area (TPSA) is 108 Å². The van der Waals surface area contributed by atoms with Crippen LogP contribution in [0.2, 0.25) is 0 Å². The van der Waals surface area contributed by atoms with Gasteiger partial charge in [-0.1, -0.05) is 31.9 Å². The summed E-state index contributed by atoms with van der Waals surface area (Å²) in [5.41, 5.74) is 1.79. The molecule has 1 N–H and O–H groups in total. The van der Waals surface area contributed by atoms with E-state index in [2.05, 4.69) is 12.2 Å². The van der Waals surface area contributed by atoms with Crippen molar-refractivity contribution >= 4 is 23.9 Å². The molecular formula is C22H27ClN6O3. The maximum Gasteiger partial charge on any atom is 0.331 e. The number of nitrogens with zero attached hydrogens (tertiary/aromatic N) is 5. The third-order valence-corrected chi connectivity index (χ3v) is 6.41. The van der Waals surface area contributed by atoms with E-state index in [1.807, 2.05) is 0 Å². The van der Waals surface area contributed by atoms with Gasteiger partial charge in [-0.2, -0.15) is 0 Å². The average molecular weight is 459 g/mol. The fourth-order valence-corrected chi connectivity index (χ4v) is 4.88. The van der Waals surface area contributed by atoms with Crippen LogP contribution < -0.4 is 11.0 Å². The molecule has 170 valence electrons. The van der Waals surface area contributed by atoms with Gasteiger partial charge in [0.25, 0.3) is 5.69 Å². The molecule has 3 heterocycles. The largest absolute Gasteiger partial charge is 0.365 e. The molecule has 9 nitrogen and oxygen atoms in total. The van der Waals surface area contributed by atoms with Gasteiger partial charge in [0.15, 0.2) is 5.82 Å². The van der Waals surface area contributed by atoms with Gasteiger partial charge in [-0.15, -0.1) is 12.4 Å². The molecule has 0 amide bonds. The number of hydrogen-bond donors (Lipinski definition) is 1. The van der Waals surface area contributed by atoms with E-state index in [1.165, 1.54) is 25.0 Å². The summed E-state index contributed by atoms with van der Waals surface area (Å²) in [6.07, 6.45) is 6.15. The Hall–Kier alpha value is -2.94. The average Bonchev–Trinajstić information content (AvgIpc) is 3.50. The number of hydrogen-bond acceptors (Lipinski definition) is 6. The fraction of sp³-hybridized carbons (Fsp3) is 0.500. The number of benzene rings is 1. The Morgan fingerprint density at radius 2 is 1.91 bits per heavy atom. The summed E-state index contributed by atoms with van der Waals surface area (Å²) in [7, 11) is 0. The van der Waals surface area contributed by atoms with Crippen LogP contribution in [0.1, 0.15) is 56.3 Å². The Bertz CT molecular complexity index is 1150. The molecule has 10 heteroatoms. The molecule has 1 unspecified atom stereocenters. The first-order valence-corrected chi connectivity index (χ1v) is 11.1. The molecule has 4 aliphatic rings. The van der Waals surface area contributed by atoms with Crippen molar-refractivity contribution in [3.63, 3.8) is 0 Å². The van der Waals surface area contributed by atoms with Crippen LogP contribution in [0.5, 0.6) is 0 Å². The summed E-state index contributed by atoms with van der Waals surface area (Å²) in [4.78, 5) is 33.5. The van der Waals surface area contributed by atoms with Crippen LogP contribution in [0.15, 0.2) is 29.1 Å². The minimum Gasteiger partial charge on any atom is -0.365 e. The number of nitro groups is 1. The van der Waals surface area contributed by atoms with Gasteiger partial charge < -0.3 is 5.32 Å². The molecular weight excluding hydrogens is 432 g/mol. The van der Waals surface area contributed by atoms with Crippen LogP contribution in [0, 0.1) is 10.1 Å². The van der Waals surface area contributed by atoms with Crippen LogP contribution in [-0.4, -0.2) is 30.1 Å². The van der Waals surface area contributed by atoms with Crippen molar-refractivity contribution in [1.82, 2.24) is 19.1 Å². The summed E-state index contributed by atoms with van der Waals surface area (Å²) in [5.74, 6) is 2.68. The zero-order chi connectivity index (χ0) is 21.5. The molecule has 3 aliphatic heterocycles. The highest BCUT2D eigenvalue weighted by molar-refractivity contribution is 5.85. The van der Waals surface area contributed by atoms with Gasteiger partial charge in [0.05, 0.1) is 4.92 Å². The highest BCUT2D eigenvalue weighted by Gasteiger charge is 2.33. The zero-order valence-corrected chi connectivity index (χ0v) is 18.8. The van der Waals surface area contributed by atoms with Crippen LogP contribution in [0.3, 0.4) is 0 Å². The number of rotatable bonds is 6. The lowest BCUT2D eigenvalue weighted by Crippen LogP contribution is -2.32. The molecule has 32 heavy (non-hydrogen) atoms. The Balaban J connectivity index is 0.00000245. The zero-order valence-electron chi connectivity index (χ0n) is 18.0. The number of nitrogens with one attached hydrogen (secondary N) is 1. The van der Waals surface area contributed by atoms with Crippen molar-refractivity contribution in [2.75, 3.05) is 5.32 Å². The quantitative estimate of drug-likeness (QED) is 0.442. The van der Waals surface area contributed by atoms with Crippen LogP contribution >= 0.6 is 12.4 Å². The van der Waals surface area contributed by atoms with Gasteiger partial charge >= 0.3 is 5.69 Å². The number of nitro benzene ring substituents is 1. The number of imidazole rings is 1. The summed E-state index contributed by atoms with van der Waals surface area (Å²) in [5, 5.41) is 14.4. The van der Waals surface area contributed by atoms with E-state index in [1.54, 1.807) is 21.3 Å². The molecule has 0 saturated heterocycles. The van der Waals surface area contributed by atoms with Gasteiger partial charge in [0, 0.05) is 37.2 Å². The van der Waals surface area contributed by atoms with E-state index in [9.17, 15) is 14.9 Å². The number of aromatic nitrogens is 4. The SMILES string of the molecule is CCCn1c2nc(C3CCCC3)nc-2c2n(c1=O)CC(Cc1ccc([N+](=O)[O-])cc1)N2.Cl. The lowest BCUT2D eigenvalue weighted by molar-refractivity contribution is -0.384. The second-order valence-corrected chi connectivity index (χ2v) is 8.60. The maximum atomic E-state index is 13.3. The summed E-state index contributed by atoms with van der Waals surface area (Å²) in [6.45, 7) is 3.21. The van der Waals surface area contributed by atoms with E-state index < -0.39 is 4.92 Å². The second kappa shape index (κ2) is 8.90. The van der Waals surface area contributed by atoms with Crippen molar-refractivity contribution in [1.29, 1.82) is 0 Å². The summed E-state index contributed by atoms with van der Waals surface area (Å²) >= 11 is 0. The van der Waals surface area contributed by atoms with Crippen molar-refractivity contribution in [3.8, 4) is 11.5 Å². The smallest absolute Gasteiger partial charge is 0.331 e. The van der Waals surface area contributed by atoms with E-state index in [-0.39, 0.29) is 29.8 Å². The lowest BCUT2D eigenvalue weighted by atomic mass is 10.1. The number of fused-ring (bicyclic) bond motifs is 3. The molecule has 1 atom stereocenters. The first-order chi connectivity index (χ1) is 15.0. The first-order valence-electron chi connectivity index (χ1n) is 11.1. The molecule has 1 aromatic carbocycles. The molecule has 0 aromatic heterocycles. The number of non-ortho nitro benzene ring substituents is 1. The van der Waals surface area contributed by atoms with Crippen LogP contribution in [0.25, 0.3) is 11.5 Å². The first kappa shape index (κ1) is 22.3. The molecule has 1 aromatic rings. The lowest BCUT2D eigenvalue weighted by Gasteiger charge is -2.13. The van der Waals surface area contributed by atoms with E-state index in [0.29, 0.717) is 31.3 Å². The minimum absolute atomic E-state index is 0. The Morgan fingerprint density at radius 1 is 1.19 bits per heavy atom. The molecule has 0 radical (unpaired) electrons. The number of halogens is 1. The monoisotopic (exact) mass is 458 g/mol. The molecule has 5 rings (SSSR count). The normalized spacial score (nSPS) is 17.8. The van der Waals surface area contributed by atoms with Crippen molar-refractivity contribution < 1.29 is 4.92 Å². The highest BCUT2D eigenvalue weighted by Crippen LogP contribution is 2.37. The maximum absolute atomic E-state index is 13.3. The fourth-order valence-electron chi connectivity index (χ4n) is 4.88. The van der Waals surface area contributed by atoms with E-state index >= 15 is 0 Å². The molecule has 1 fully saturated rings. The van der Waals surface area contributed by atoms with Crippen molar-refractivity contribution in [2.45, 2.75) is 70.5 Å². The molecule has 0 spiro atoms. The van der Waals surface area contributed by atoms with Crippen LogP contribution in [-0.2, 0) is 19.5 Å². The van der Waals surface area contributed by atoms with Gasteiger partial charge in [-0.25, -0.2) is 14.8 Å². The Labute approximate surface area is 191 Å². The predicted molar refractivity (Wildman–Crippen MR) is 124 cm³/mol.